The number of likely N-dealkylation sites (N-methyl/N-ethyl adjacent to an activating group) is 2. The highest BCUT2D eigenvalue weighted by molar-refractivity contribution is 9.10. The first-order chi connectivity index (χ1) is 9.06. The topological polar surface area (TPSA) is 62.2 Å². The van der Waals surface area contributed by atoms with E-state index in [9.17, 15) is 4.79 Å². The van der Waals surface area contributed by atoms with Crippen LogP contribution in [0.15, 0.2) is 15.5 Å². The Morgan fingerprint density at radius 1 is 1.42 bits per heavy atom. The fraction of sp³-hybridized carbons (Fsp3) is 0.667. The van der Waals surface area contributed by atoms with Gasteiger partial charge in [-0.1, -0.05) is 6.92 Å². The van der Waals surface area contributed by atoms with Crippen LogP contribution in [0.5, 0.6) is 0 Å². The summed E-state index contributed by atoms with van der Waals surface area (Å²) in [7, 11) is 3.94. The zero-order valence-electron chi connectivity index (χ0n) is 11.7. The zero-order chi connectivity index (χ0) is 14.3. The molecule has 0 bridgehead atoms. The quantitative estimate of drug-likeness (QED) is 0.683. The van der Waals surface area contributed by atoms with Crippen LogP contribution in [0.1, 0.15) is 6.92 Å². The van der Waals surface area contributed by atoms with E-state index in [0.717, 1.165) is 31.9 Å². The van der Waals surface area contributed by atoms with Crippen molar-refractivity contribution in [3.05, 3.63) is 21.0 Å². The minimum absolute atomic E-state index is 0.102. The molecular weight excluding hydrogens is 310 g/mol. The van der Waals surface area contributed by atoms with Gasteiger partial charge in [-0.05, 0) is 36.6 Å². The second-order valence-electron chi connectivity index (χ2n) is 4.48. The van der Waals surface area contributed by atoms with Gasteiger partial charge in [-0.2, -0.15) is 5.10 Å². The van der Waals surface area contributed by atoms with Gasteiger partial charge < -0.3 is 15.5 Å². The molecule has 0 amide bonds. The third-order valence-electron chi connectivity index (χ3n) is 2.61. The van der Waals surface area contributed by atoms with Gasteiger partial charge in [0.15, 0.2) is 0 Å². The number of rotatable bonds is 8. The molecule has 0 atom stereocenters. The summed E-state index contributed by atoms with van der Waals surface area (Å²) in [4.78, 5) is 14.1. The normalized spacial score (nSPS) is 11.0. The minimum atomic E-state index is -0.102. The molecule has 1 rings (SSSR count). The van der Waals surface area contributed by atoms with Crippen LogP contribution < -0.4 is 16.2 Å². The van der Waals surface area contributed by atoms with Crippen molar-refractivity contribution in [1.29, 1.82) is 0 Å². The van der Waals surface area contributed by atoms with Gasteiger partial charge in [-0.25, -0.2) is 4.68 Å². The minimum Gasteiger partial charge on any atom is -0.381 e. The molecule has 108 valence electrons. The zero-order valence-corrected chi connectivity index (χ0v) is 13.3. The highest BCUT2D eigenvalue weighted by Crippen LogP contribution is 2.15. The number of hydrogen-bond acceptors (Lipinski definition) is 5. The Balaban J connectivity index is 2.66. The molecule has 0 aromatic carbocycles. The third-order valence-corrected chi connectivity index (χ3v) is 3.38. The molecular formula is C12H22BrN5O. The highest BCUT2D eigenvalue weighted by Gasteiger charge is 2.08. The van der Waals surface area contributed by atoms with E-state index in [-0.39, 0.29) is 5.56 Å². The van der Waals surface area contributed by atoms with Crippen molar-refractivity contribution in [1.82, 2.24) is 20.0 Å². The Morgan fingerprint density at radius 3 is 2.79 bits per heavy atom. The van der Waals surface area contributed by atoms with E-state index in [1.54, 1.807) is 6.20 Å². The lowest BCUT2D eigenvalue weighted by Gasteiger charge is -2.12. The van der Waals surface area contributed by atoms with Crippen molar-refractivity contribution in [2.45, 2.75) is 13.5 Å². The second kappa shape index (κ2) is 8.29. The fourth-order valence-corrected chi connectivity index (χ4v) is 1.95. The molecule has 0 spiro atoms. The molecule has 0 saturated carbocycles. The van der Waals surface area contributed by atoms with Gasteiger partial charge in [0.2, 0.25) is 0 Å². The number of halogens is 1. The summed E-state index contributed by atoms with van der Waals surface area (Å²) in [5.74, 6) is 0. The van der Waals surface area contributed by atoms with E-state index in [0.29, 0.717) is 11.0 Å². The predicted octanol–water partition coefficient (Wildman–Crippen LogP) is 0.589. The number of hydrogen-bond donors (Lipinski definition) is 2. The van der Waals surface area contributed by atoms with E-state index in [2.05, 4.69) is 38.6 Å². The van der Waals surface area contributed by atoms with Gasteiger partial charge in [-0.15, -0.1) is 0 Å². The molecule has 6 nitrogen and oxygen atoms in total. The molecule has 1 heterocycles. The summed E-state index contributed by atoms with van der Waals surface area (Å²) in [6.07, 6.45) is 1.69. The lowest BCUT2D eigenvalue weighted by Crippen LogP contribution is -2.30. The first-order valence-corrected chi connectivity index (χ1v) is 7.20. The highest BCUT2D eigenvalue weighted by atomic mass is 79.9. The number of aromatic nitrogens is 2. The van der Waals surface area contributed by atoms with Crippen molar-refractivity contribution in [2.24, 2.45) is 0 Å². The van der Waals surface area contributed by atoms with Crippen molar-refractivity contribution in [3.63, 3.8) is 0 Å². The van der Waals surface area contributed by atoms with Crippen molar-refractivity contribution >= 4 is 21.6 Å². The van der Waals surface area contributed by atoms with E-state index in [1.807, 2.05) is 19.0 Å². The van der Waals surface area contributed by atoms with Crippen LogP contribution >= 0.6 is 15.9 Å². The SMILES string of the molecule is CCNCCNc1cnn(CCN(C)C)c(=O)c1Br. The number of nitrogens with one attached hydrogen (secondary N) is 2. The summed E-state index contributed by atoms with van der Waals surface area (Å²) in [5.41, 5.74) is 0.638. The van der Waals surface area contributed by atoms with Crippen LogP contribution in [0.3, 0.4) is 0 Å². The lowest BCUT2D eigenvalue weighted by atomic mass is 10.4. The molecule has 0 unspecified atom stereocenters. The van der Waals surface area contributed by atoms with E-state index in [1.165, 1.54) is 4.68 Å². The van der Waals surface area contributed by atoms with Gasteiger partial charge in [0.25, 0.3) is 5.56 Å². The maximum absolute atomic E-state index is 12.1. The van der Waals surface area contributed by atoms with Crippen LogP contribution in [0, 0.1) is 0 Å². The van der Waals surface area contributed by atoms with Crippen LogP contribution in [-0.2, 0) is 6.54 Å². The maximum atomic E-state index is 12.1. The molecule has 0 aliphatic heterocycles. The Morgan fingerprint density at radius 2 is 2.16 bits per heavy atom. The van der Waals surface area contributed by atoms with Crippen LogP contribution in [0.2, 0.25) is 0 Å². The third kappa shape index (κ3) is 5.30. The molecule has 0 aliphatic carbocycles. The average molecular weight is 332 g/mol. The molecule has 0 aliphatic rings. The van der Waals surface area contributed by atoms with Gasteiger partial charge in [-0.3, -0.25) is 4.79 Å². The summed E-state index contributed by atoms with van der Waals surface area (Å²) in [6.45, 7) is 5.98. The molecule has 0 fully saturated rings. The van der Waals surface area contributed by atoms with Crippen molar-refractivity contribution < 1.29 is 0 Å². The largest absolute Gasteiger partial charge is 0.381 e. The summed E-state index contributed by atoms with van der Waals surface area (Å²) in [5, 5.41) is 10.6. The van der Waals surface area contributed by atoms with Gasteiger partial charge in [0, 0.05) is 19.6 Å². The smallest absolute Gasteiger partial charge is 0.283 e. The van der Waals surface area contributed by atoms with Gasteiger partial charge >= 0.3 is 0 Å². The van der Waals surface area contributed by atoms with Crippen LogP contribution in [-0.4, -0.2) is 55.0 Å². The van der Waals surface area contributed by atoms with E-state index < -0.39 is 0 Å². The Bertz CT molecular complexity index is 446. The molecule has 0 radical (unpaired) electrons. The van der Waals surface area contributed by atoms with Gasteiger partial charge in [0.05, 0.1) is 18.4 Å². The molecule has 1 aromatic rings. The summed E-state index contributed by atoms with van der Waals surface area (Å²) < 4.78 is 2.01. The molecule has 2 N–H and O–H groups in total. The first kappa shape index (κ1) is 16.1. The molecule has 1 aromatic heterocycles. The Kier molecular flexibility index (Phi) is 7.04. The first-order valence-electron chi connectivity index (χ1n) is 6.41. The molecule has 7 heteroatoms. The van der Waals surface area contributed by atoms with Crippen LogP contribution in [0.25, 0.3) is 0 Å². The monoisotopic (exact) mass is 331 g/mol. The van der Waals surface area contributed by atoms with Crippen LogP contribution in [0.4, 0.5) is 5.69 Å². The fourth-order valence-electron chi connectivity index (χ4n) is 1.50. The number of anilines is 1. The van der Waals surface area contributed by atoms with Crippen molar-refractivity contribution in [2.75, 3.05) is 45.6 Å². The standard InChI is InChI=1S/C12H22BrN5O/c1-4-14-5-6-15-10-9-16-18(8-7-17(2)3)12(19)11(10)13/h9,14-15H,4-8H2,1-3H3. The summed E-state index contributed by atoms with van der Waals surface area (Å²) >= 11 is 3.34. The van der Waals surface area contributed by atoms with E-state index in [4.69, 9.17) is 0 Å². The lowest BCUT2D eigenvalue weighted by molar-refractivity contribution is 0.367. The van der Waals surface area contributed by atoms with E-state index >= 15 is 0 Å². The number of nitrogens with zero attached hydrogens (tertiary/aromatic N) is 3. The summed E-state index contributed by atoms with van der Waals surface area (Å²) in [6, 6.07) is 0. The van der Waals surface area contributed by atoms with Gasteiger partial charge in [0.1, 0.15) is 4.47 Å². The van der Waals surface area contributed by atoms with Crippen molar-refractivity contribution in [3.8, 4) is 0 Å². The second-order valence-corrected chi connectivity index (χ2v) is 5.28. The Labute approximate surface area is 122 Å². The predicted molar refractivity (Wildman–Crippen MR) is 81.8 cm³/mol. The Hall–Kier alpha value is -0.920. The maximum Gasteiger partial charge on any atom is 0.283 e. The molecule has 19 heavy (non-hydrogen) atoms. The average Bonchev–Trinajstić information content (AvgIpc) is 2.38. The molecule has 0 saturated heterocycles.